The lowest BCUT2D eigenvalue weighted by Gasteiger charge is -2.34. The highest BCUT2D eigenvalue weighted by Gasteiger charge is 2.29. The van der Waals surface area contributed by atoms with Crippen LogP contribution in [0.4, 0.5) is 0 Å². The molecule has 3 heteroatoms. The second kappa shape index (κ2) is 7.26. The molecule has 0 aromatic carbocycles. The molecule has 1 heterocycles. The first-order valence-corrected chi connectivity index (χ1v) is 8.39. The fourth-order valence-corrected chi connectivity index (χ4v) is 3.66. The van der Waals surface area contributed by atoms with Gasteiger partial charge in [-0.1, -0.05) is 33.1 Å². The third-order valence-corrected chi connectivity index (χ3v) is 4.91. The fraction of sp³-hybridized carbons (Fsp3) is 0.824. The Labute approximate surface area is 124 Å². The molecule has 0 aliphatic heterocycles. The van der Waals surface area contributed by atoms with Crippen LogP contribution in [-0.2, 0) is 7.05 Å². The summed E-state index contributed by atoms with van der Waals surface area (Å²) < 4.78 is 2.08. The topological polar surface area (TPSA) is 29.9 Å². The number of aromatic nitrogens is 2. The summed E-state index contributed by atoms with van der Waals surface area (Å²) in [6.45, 7) is 7.77. The average molecular weight is 277 g/mol. The first kappa shape index (κ1) is 15.6. The molecule has 1 atom stereocenters. The molecule has 1 saturated carbocycles. The maximum Gasteiger partial charge on any atom is 0.0597 e. The van der Waals surface area contributed by atoms with E-state index >= 15 is 0 Å². The summed E-state index contributed by atoms with van der Waals surface area (Å²) in [6.07, 6.45) is 8.08. The van der Waals surface area contributed by atoms with Gasteiger partial charge in [0.2, 0.25) is 0 Å². The predicted molar refractivity (Wildman–Crippen MR) is 84.7 cm³/mol. The van der Waals surface area contributed by atoms with Crippen molar-refractivity contribution >= 4 is 0 Å². The van der Waals surface area contributed by atoms with E-state index in [0.717, 1.165) is 24.1 Å². The zero-order valence-corrected chi connectivity index (χ0v) is 13.7. The van der Waals surface area contributed by atoms with Gasteiger partial charge in [-0.05, 0) is 50.6 Å². The van der Waals surface area contributed by atoms with Gasteiger partial charge in [0, 0.05) is 7.05 Å². The van der Waals surface area contributed by atoms with Crippen LogP contribution in [0.2, 0.25) is 0 Å². The Morgan fingerprint density at radius 3 is 2.50 bits per heavy atom. The van der Waals surface area contributed by atoms with E-state index in [1.807, 2.05) is 0 Å². The van der Waals surface area contributed by atoms with Crippen LogP contribution < -0.4 is 5.32 Å². The van der Waals surface area contributed by atoms with Gasteiger partial charge in [0.05, 0.1) is 17.4 Å². The third-order valence-electron chi connectivity index (χ3n) is 4.91. The molecule has 1 unspecified atom stereocenters. The molecular formula is C17H31N3. The lowest BCUT2D eigenvalue weighted by molar-refractivity contribution is 0.213. The highest BCUT2D eigenvalue weighted by molar-refractivity contribution is 5.14. The zero-order valence-electron chi connectivity index (χ0n) is 13.7. The Hall–Kier alpha value is -0.830. The molecule has 1 aliphatic rings. The number of nitrogens with one attached hydrogen (secondary N) is 1. The van der Waals surface area contributed by atoms with Gasteiger partial charge in [0.15, 0.2) is 0 Å². The van der Waals surface area contributed by atoms with E-state index in [9.17, 15) is 0 Å². The molecule has 1 aromatic rings. The molecule has 2 rings (SSSR count). The minimum absolute atomic E-state index is 0.485. The number of hydrogen-bond acceptors (Lipinski definition) is 2. The van der Waals surface area contributed by atoms with Crippen LogP contribution in [0.3, 0.4) is 0 Å². The highest BCUT2D eigenvalue weighted by Crippen LogP contribution is 2.38. The zero-order chi connectivity index (χ0) is 14.5. The van der Waals surface area contributed by atoms with E-state index in [1.54, 1.807) is 0 Å². The van der Waals surface area contributed by atoms with E-state index in [-0.39, 0.29) is 0 Å². The summed E-state index contributed by atoms with van der Waals surface area (Å²) in [5.41, 5.74) is 2.50. The van der Waals surface area contributed by atoms with Crippen molar-refractivity contribution in [1.29, 1.82) is 0 Å². The van der Waals surface area contributed by atoms with Gasteiger partial charge >= 0.3 is 0 Å². The van der Waals surface area contributed by atoms with Crippen molar-refractivity contribution in [3.63, 3.8) is 0 Å². The molecular weight excluding hydrogens is 246 g/mol. The Bertz CT molecular complexity index is 402. The van der Waals surface area contributed by atoms with Gasteiger partial charge < -0.3 is 5.32 Å². The molecule has 20 heavy (non-hydrogen) atoms. The second-order valence-corrected chi connectivity index (χ2v) is 6.46. The fourth-order valence-electron chi connectivity index (χ4n) is 3.66. The van der Waals surface area contributed by atoms with E-state index in [0.29, 0.717) is 6.04 Å². The summed E-state index contributed by atoms with van der Waals surface area (Å²) in [4.78, 5) is 0. The smallest absolute Gasteiger partial charge is 0.0597 e. The van der Waals surface area contributed by atoms with E-state index in [4.69, 9.17) is 0 Å². The van der Waals surface area contributed by atoms with E-state index in [2.05, 4.69) is 49.0 Å². The Morgan fingerprint density at radius 2 is 2.00 bits per heavy atom. The first-order chi connectivity index (χ1) is 9.65. The number of hydrogen-bond donors (Lipinski definition) is 1. The predicted octanol–water partition coefficient (Wildman–Crippen LogP) is 3.99. The second-order valence-electron chi connectivity index (χ2n) is 6.46. The number of aryl methyl sites for hydroxylation is 2. The molecule has 114 valence electrons. The van der Waals surface area contributed by atoms with Crippen molar-refractivity contribution in [3.8, 4) is 0 Å². The van der Waals surface area contributed by atoms with Crippen LogP contribution in [0.5, 0.6) is 0 Å². The summed E-state index contributed by atoms with van der Waals surface area (Å²) >= 11 is 0. The standard InChI is InChI=1S/C17H31N3/c1-5-11-18-17(16-12-13(3)19-20(16)4)15-9-7-14(6-2)8-10-15/h12,14-15,17-18H,5-11H2,1-4H3. The van der Waals surface area contributed by atoms with Crippen molar-refractivity contribution in [2.45, 2.75) is 65.3 Å². The van der Waals surface area contributed by atoms with Crippen LogP contribution in [0.15, 0.2) is 6.07 Å². The van der Waals surface area contributed by atoms with E-state index < -0.39 is 0 Å². The highest BCUT2D eigenvalue weighted by atomic mass is 15.3. The van der Waals surface area contributed by atoms with Gasteiger partial charge in [0.25, 0.3) is 0 Å². The van der Waals surface area contributed by atoms with E-state index in [1.165, 1.54) is 44.2 Å². The van der Waals surface area contributed by atoms with Gasteiger partial charge in [-0.25, -0.2) is 0 Å². The molecule has 3 nitrogen and oxygen atoms in total. The Balaban J connectivity index is 2.09. The van der Waals surface area contributed by atoms with Gasteiger partial charge in [-0.3, -0.25) is 4.68 Å². The minimum atomic E-state index is 0.485. The molecule has 1 aromatic heterocycles. The minimum Gasteiger partial charge on any atom is -0.308 e. The largest absolute Gasteiger partial charge is 0.308 e. The summed E-state index contributed by atoms with van der Waals surface area (Å²) in [6, 6.07) is 2.75. The summed E-state index contributed by atoms with van der Waals surface area (Å²) in [5, 5.41) is 8.32. The maximum atomic E-state index is 4.54. The van der Waals surface area contributed by atoms with Crippen LogP contribution in [0, 0.1) is 18.8 Å². The molecule has 0 amide bonds. The van der Waals surface area contributed by atoms with Crippen LogP contribution in [-0.4, -0.2) is 16.3 Å². The molecule has 1 aliphatic carbocycles. The first-order valence-electron chi connectivity index (χ1n) is 8.39. The van der Waals surface area contributed by atoms with Crippen molar-refractivity contribution in [3.05, 3.63) is 17.5 Å². The molecule has 0 radical (unpaired) electrons. The van der Waals surface area contributed by atoms with Crippen molar-refractivity contribution in [1.82, 2.24) is 15.1 Å². The van der Waals surface area contributed by atoms with Gasteiger partial charge in [0.1, 0.15) is 0 Å². The molecule has 0 saturated heterocycles. The number of rotatable bonds is 6. The average Bonchev–Trinajstić information content (AvgIpc) is 2.79. The lowest BCUT2D eigenvalue weighted by Crippen LogP contribution is -2.33. The molecule has 1 N–H and O–H groups in total. The number of nitrogens with zero attached hydrogens (tertiary/aromatic N) is 2. The normalized spacial score (nSPS) is 24.8. The lowest BCUT2D eigenvalue weighted by atomic mass is 9.77. The van der Waals surface area contributed by atoms with Crippen molar-refractivity contribution < 1.29 is 0 Å². The van der Waals surface area contributed by atoms with Gasteiger partial charge in [-0.2, -0.15) is 5.10 Å². The van der Waals surface area contributed by atoms with Gasteiger partial charge in [-0.15, -0.1) is 0 Å². The molecule has 0 spiro atoms. The Morgan fingerprint density at radius 1 is 1.30 bits per heavy atom. The molecule has 1 fully saturated rings. The van der Waals surface area contributed by atoms with Crippen molar-refractivity contribution in [2.75, 3.05) is 6.54 Å². The molecule has 0 bridgehead atoms. The SMILES string of the molecule is CCCNC(c1cc(C)nn1C)C1CCC(CC)CC1. The van der Waals surface area contributed by atoms with Crippen LogP contribution in [0.25, 0.3) is 0 Å². The maximum absolute atomic E-state index is 4.54. The summed E-state index contributed by atoms with van der Waals surface area (Å²) in [7, 11) is 2.08. The van der Waals surface area contributed by atoms with Crippen molar-refractivity contribution in [2.24, 2.45) is 18.9 Å². The Kier molecular flexibility index (Phi) is 5.64. The summed E-state index contributed by atoms with van der Waals surface area (Å²) in [5.74, 6) is 1.74. The van der Waals surface area contributed by atoms with Crippen LogP contribution in [0.1, 0.15) is 69.8 Å². The van der Waals surface area contributed by atoms with Crippen LogP contribution >= 0.6 is 0 Å². The third kappa shape index (κ3) is 3.63. The quantitative estimate of drug-likeness (QED) is 0.852. The monoisotopic (exact) mass is 277 g/mol.